The third-order valence-corrected chi connectivity index (χ3v) is 5.46. The molecule has 5 rings (SSSR count). The van der Waals surface area contributed by atoms with Gasteiger partial charge in [0.25, 0.3) is 0 Å². The predicted molar refractivity (Wildman–Crippen MR) is 84.5 cm³/mol. The SMILES string of the molecule is N#CCCC1(C=O)CC2c3ccccc3C1c1ccccc12. The topological polar surface area (TPSA) is 40.9 Å². The molecule has 2 nitrogen and oxygen atoms in total. The van der Waals surface area contributed by atoms with Gasteiger partial charge in [0.15, 0.2) is 0 Å². The average molecular weight is 287 g/mol. The van der Waals surface area contributed by atoms with Crippen LogP contribution in [0.5, 0.6) is 0 Å². The lowest BCUT2D eigenvalue weighted by atomic mass is 9.51. The number of carbonyl (C=O) groups excluding carboxylic acids is 1. The number of fused-ring (bicyclic) bond motifs is 1. The van der Waals surface area contributed by atoms with Crippen molar-refractivity contribution in [2.75, 3.05) is 0 Å². The molecule has 2 aromatic rings. The van der Waals surface area contributed by atoms with Gasteiger partial charge in [-0.3, -0.25) is 0 Å². The smallest absolute Gasteiger partial charge is 0.127 e. The fourth-order valence-corrected chi connectivity index (χ4v) is 4.56. The largest absolute Gasteiger partial charge is 0.303 e. The molecule has 1 unspecified atom stereocenters. The summed E-state index contributed by atoms with van der Waals surface area (Å²) in [4.78, 5) is 12.1. The van der Waals surface area contributed by atoms with Gasteiger partial charge in [0, 0.05) is 23.7 Å². The van der Waals surface area contributed by atoms with Crippen LogP contribution in [0, 0.1) is 16.7 Å². The lowest BCUT2D eigenvalue weighted by Gasteiger charge is -2.50. The summed E-state index contributed by atoms with van der Waals surface area (Å²) in [6.45, 7) is 0. The van der Waals surface area contributed by atoms with Crippen molar-refractivity contribution in [3.05, 3.63) is 70.8 Å². The maximum Gasteiger partial charge on any atom is 0.127 e. The van der Waals surface area contributed by atoms with Crippen molar-refractivity contribution in [2.24, 2.45) is 5.41 Å². The lowest BCUT2D eigenvalue weighted by molar-refractivity contribution is -0.118. The minimum Gasteiger partial charge on any atom is -0.303 e. The van der Waals surface area contributed by atoms with Gasteiger partial charge in [-0.05, 0) is 35.1 Å². The van der Waals surface area contributed by atoms with Gasteiger partial charge in [-0.1, -0.05) is 48.5 Å². The quantitative estimate of drug-likeness (QED) is 0.795. The molecule has 0 N–H and O–H groups in total. The molecule has 1 atom stereocenters. The van der Waals surface area contributed by atoms with Gasteiger partial charge in [0.1, 0.15) is 6.29 Å². The number of benzene rings is 2. The molecule has 0 saturated heterocycles. The monoisotopic (exact) mass is 287 g/mol. The van der Waals surface area contributed by atoms with E-state index in [1.54, 1.807) is 0 Å². The molecule has 3 aliphatic carbocycles. The molecule has 2 bridgehead atoms. The van der Waals surface area contributed by atoms with Crippen LogP contribution in [0.1, 0.15) is 53.4 Å². The standard InChI is InChI=1S/C20H17NO/c21-11-5-10-20(13-22)12-18-14-6-1-3-8-16(14)19(20)17-9-4-2-7-15(17)18/h1-4,6-9,13,18-19H,5,10,12H2. The first kappa shape index (κ1) is 13.3. The number of carbonyl (C=O) groups is 1. The van der Waals surface area contributed by atoms with E-state index in [-0.39, 0.29) is 11.8 Å². The first-order valence-electron chi connectivity index (χ1n) is 7.81. The third-order valence-electron chi connectivity index (χ3n) is 5.46. The maximum absolute atomic E-state index is 12.1. The van der Waals surface area contributed by atoms with Crippen molar-refractivity contribution in [3.8, 4) is 6.07 Å². The van der Waals surface area contributed by atoms with Crippen LogP contribution in [-0.4, -0.2) is 6.29 Å². The molecular weight excluding hydrogens is 270 g/mol. The molecule has 0 spiro atoms. The van der Waals surface area contributed by atoms with Crippen molar-refractivity contribution < 1.29 is 4.79 Å². The Morgan fingerprint density at radius 2 is 1.59 bits per heavy atom. The van der Waals surface area contributed by atoms with Crippen molar-refractivity contribution >= 4 is 6.29 Å². The van der Waals surface area contributed by atoms with E-state index in [2.05, 4.69) is 54.6 Å². The Labute approximate surface area is 130 Å². The first-order valence-corrected chi connectivity index (χ1v) is 7.81. The van der Waals surface area contributed by atoms with Crippen LogP contribution >= 0.6 is 0 Å². The Morgan fingerprint density at radius 1 is 1.05 bits per heavy atom. The van der Waals surface area contributed by atoms with Crippen LogP contribution in [0.4, 0.5) is 0 Å². The van der Waals surface area contributed by atoms with Crippen LogP contribution in [0.3, 0.4) is 0 Å². The highest BCUT2D eigenvalue weighted by Crippen LogP contribution is 2.61. The van der Waals surface area contributed by atoms with Gasteiger partial charge in [0.2, 0.25) is 0 Å². The zero-order chi connectivity index (χ0) is 15.2. The van der Waals surface area contributed by atoms with Crippen molar-refractivity contribution in [1.29, 1.82) is 5.26 Å². The molecule has 2 aromatic carbocycles. The second-order valence-electron chi connectivity index (χ2n) is 6.46. The maximum atomic E-state index is 12.1. The van der Waals surface area contributed by atoms with E-state index in [1.807, 2.05) is 0 Å². The third kappa shape index (κ3) is 1.63. The van der Waals surface area contributed by atoms with E-state index in [9.17, 15) is 4.79 Å². The molecule has 22 heavy (non-hydrogen) atoms. The number of hydrogen-bond donors (Lipinski definition) is 0. The zero-order valence-corrected chi connectivity index (χ0v) is 12.3. The summed E-state index contributed by atoms with van der Waals surface area (Å²) >= 11 is 0. The van der Waals surface area contributed by atoms with E-state index in [4.69, 9.17) is 5.26 Å². The Balaban J connectivity index is 1.96. The Bertz CT molecular complexity index is 741. The van der Waals surface area contributed by atoms with Gasteiger partial charge in [-0.25, -0.2) is 0 Å². The fourth-order valence-electron chi connectivity index (χ4n) is 4.56. The Hall–Kier alpha value is -2.40. The number of aldehydes is 1. The molecule has 0 heterocycles. The normalized spacial score (nSPS) is 27.6. The molecule has 108 valence electrons. The van der Waals surface area contributed by atoms with E-state index >= 15 is 0 Å². The first-order chi connectivity index (χ1) is 10.8. The second-order valence-corrected chi connectivity index (χ2v) is 6.46. The van der Waals surface area contributed by atoms with E-state index in [1.165, 1.54) is 22.3 Å². The Morgan fingerprint density at radius 3 is 2.09 bits per heavy atom. The molecule has 3 aliphatic rings. The number of rotatable bonds is 3. The Kier molecular flexibility index (Phi) is 2.90. The van der Waals surface area contributed by atoms with Gasteiger partial charge in [-0.15, -0.1) is 0 Å². The molecule has 0 aliphatic heterocycles. The average Bonchev–Trinajstić information content (AvgIpc) is 2.60. The highest BCUT2D eigenvalue weighted by atomic mass is 16.1. The summed E-state index contributed by atoms with van der Waals surface area (Å²) in [6, 6.07) is 19.2. The van der Waals surface area contributed by atoms with Crippen LogP contribution in [-0.2, 0) is 4.79 Å². The molecule has 0 amide bonds. The van der Waals surface area contributed by atoms with Gasteiger partial charge in [-0.2, -0.15) is 5.26 Å². The number of nitrogens with zero attached hydrogens (tertiary/aromatic N) is 1. The molecule has 0 fully saturated rings. The fraction of sp³-hybridized carbons (Fsp3) is 0.300. The summed E-state index contributed by atoms with van der Waals surface area (Å²) in [5.41, 5.74) is 4.86. The molecule has 0 radical (unpaired) electrons. The van der Waals surface area contributed by atoms with Crippen LogP contribution in [0.15, 0.2) is 48.5 Å². The summed E-state index contributed by atoms with van der Waals surface area (Å²) in [5.74, 6) is 0.372. The van der Waals surface area contributed by atoms with Crippen molar-refractivity contribution in [2.45, 2.75) is 31.1 Å². The highest BCUT2D eigenvalue weighted by Gasteiger charge is 2.52. The number of hydrogen-bond acceptors (Lipinski definition) is 2. The van der Waals surface area contributed by atoms with Gasteiger partial charge in [0.05, 0.1) is 6.07 Å². The van der Waals surface area contributed by atoms with Crippen LogP contribution in [0.25, 0.3) is 0 Å². The minimum atomic E-state index is -0.427. The summed E-state index contributed by atoms with van der Waals surface area (Å²) in [7, 11) is 0. The number of nitriles is 1. The van der Waals surface area contributed by atoms with E-state index in [0.29, 0.717) is 12.8 Å². The summed E-state index contributed by atoms with van der Waals surface area (Å²) in [6.07, 6.45) is 3.05. The van der Waals surface area contributed by atoms with Crippen LogP contribution < -0.4 is 0 Å². The molecule has 0 aromatic heterocycles. The van der Waals surface area contributed by atoms with Crippen molar-refractivity contribution in [3.63, 3.8) is 0 Å². The second kappa shape index (κ2) is 4.81. The van der Waals surface area contributed by atoms with E-state index in [0.717, 1.165) is 12.7 Å². The van der Waals surface area contributed by atoms with Gasteiger partial charge >= 0.3 is 0 Å². The van der Waals surface area contributed by atoms with Crippen LogP contribution in [0.2, 0.25) is 0 Å². The van der Waals surface area contributed by atoms with Crippen molar-refractivity contribution in [1.82, 2.24) is 0 Å². The summed E-state index contributed by atoms with van der Waals surface area (Å²) < 4.78 is 0. The minimum absolute atomic E-state index is 0.0933. The van der Waals surface area contributed by atoms with E-state index < -0.39 is 5.41 Å². The molecular formula is C20H17NO. The molecule has 2 heteroatoms. The van der Waals surface area contributed by atoms with Gasteiger partial charge < -0.3 is 4.79 Å². The lowest BCUT2D eigenvalue weighted by Crippen LogP contribution is -2.42. The molecule has 0 saturated carbocycles. The highest BCUT2D eigenvalue weighted by molar-refractivity contribution is 5.70. The predicted octanol–water partition coefficient (Wildman–Crippen LogP) is 4.16. The summed E-state index contributed by atoms with van der Waals surface area (Å²) in [5, 5.41) is 9.00. The zero-order valence-electron chi connectivity index (χ0n) is 12.3.